The number of aliphatic imine (C=N–C) groups is 1. The molecule has 0 N–H and O–H groups in total. The monoisotopic (exact) mass is 307 g/mol. The van der Waals surface area contributed by atoms with Crippen molar-refractivity contribution in [2.45, 2.75) is 6.92 Å². The third-order valence-corrected chi connectivity index (χ3v) is 4.79. The minimum absolute atomic E-state index is 0.709. The van der Waals surface area contributed by atoms with E-state index < -0.39 is 0 Å². The number of nitriles is 1. The molecule has 5 rings (SSSR count). The molecule has 3 nitrogen and oxygen atoms in total. The largest absolute Gasteiger partial charge is 0.297 e. The molecule has 0 spiro atoms. The molecule has 2 aliphatic rings. The van der Waals surface area contributed by atoms with Crippen molar-refractivity contribution < 1.29 is 0 Å². The summed E-state index contributed by atoms with van der Waals surface area (Å²) in [4.78, 5) is 7.07. The maximum atomic E-state index is 9.71. The van der Waals surface area contributed by atoms with E-state index in [1.165, 1.54) is 0 Å². The number of hydrogen-bond acceptors (Lipinski definition) is 3. The van der Waals surface area contributed by atoms with Crippen LogP contribution in [0.25, 0.3) is 16.3 Å². The van der Waals surface area contributed by atoms with Crippen LogP contribution in [-0.2, 0) is 0 Å². The van der Waals surface area contributed by atoms with Gasteiger partial charge < -0.3 is 0 Å². The summed E-state index contributed by atoms with van der Waals surface area (Å²) in [5, 5.41) is 12.0. The molecule has 0 saturated heterocycles. The summed E-state index contributed by atoms with van der Waals surface area (Å²) in [6.07, 6.45) is 0. The van der Waals surface area contributed by atoms with Crippen molar-refractivity contribution in [2.75, 3.05) is 4.90 Å². The van der Waals surface area contributed by atoms with E-state index in [2.05, 4.69) is 41.3 Å². The average Bonchev–Trinajstić information content (AvgIpc) is 2.62. The summed E-state index contributed by atoms with van der Waals surface area (Å²) in [6.45, 7) is 2.00. The molecule has 0 bridgehead atoms. The number of allylic oxidation sites excluding steroid dienone is 2. The lowest BCUT2D eigenvalue weighted by molar-refractivity contribution is 1.17. The molecule has 0 aromatic heterocycles. The minimum atomic E-state index is 0.709. The van der Waals surface area contributed by atoms with Gasteiger partial charge in [0, 0.05) is 22.2 Å². The molecule has 0 atom stereocenters. The Hall–Kier alpha value is -3.38. The topological polar surface area (TPSA) is 39.4 Å². The fourth-order valence-corrected chi connectivity index (χ4v) is 3.72. The zero-order valence-electron chi connectivity index (χ0n) is 13.1. The first-order chi connectivity index (χ1) is 11.8. The maximum Gasteiger partial charge on any atom is 0.146 e. The van der Waals surface area contributed by atoms with Crippen LogP contribution in [0.2, 0.25) is 0 Å². The van der Waals surface area contributed by atoms with E-state index in [9.17, 15) is 5.26 Å². The molecular formula is C21H13N3. The highest BCUT2D eigenvalue weighted by Crippen LogP contribution is 2.44. The van der Waals surface area contributed by atoms with Crippen LogP contribution in [0.5, 0.6) is 0 Å². The Bertz CT molecular complexity index is 1120. The van der Waals surface area contributed by atoms with Crippen molar-refractivity contribution in [3.63, 3.8) is 0 Å². The van der Waals surface area contributed by atoms with Gasteiger partial charge in [-0.2, -0.15) is 5.26 Å². The molecular weight excluding hydrogens is 294 g/mol. The van der Waals surface area contributed by atoms with Crippen LogP contribution >= 0.6 is 0 Å². The van der Waals surface area contributed by atoms with Crippen molar-refractivity contribution in [3.05, 3.63) is 77.5 Å². The standard InChI is InChI=1S/C21H13N3/c1-13-17(12-22)15-8-2-3-9-16(15)21-23-18-10-4-6-14-7-5-11-19(20(14)18)24(13)21/h2-11H,1H3. The highest BCUT2D eigenvalue weighted by molar-refractivity contribution is 6.25. The Morgan fingerprint density at radius 1 is 0.917 bits per heavy atom. The lowest BCUT2D eigenvalue weighted by atomic mass is 9.91. The van der Waals surface area contributed by atoms with E-state index >= 15 is 0 Å². The van der Waals surface area contributed by atoms with Gasteiger partial charge in [-0.1, -0.05) is 48.5 Å². The van der Waals surface area contributed by atoms with E-state index in [0.29, 0.717) is 5.57 Å². The third-order valence-electron chi connectivity index (χ3n) is 4.79. The van der Waals surface area contributed by atoms with E-state index in [1.54, 1.807) is 0 Å². The molecule has 24 heavy (non-hydrogen) atoms. The quantitative estimate of drug-likeness (QED) is 0.586. The van der Waals surface area contributed by atoms with Crippen LogP contribution in [0.4, 0.5) is 11.4 Å². The molecule has 2 heterocycles. The molecule has 3 aromatic carbocycles. The number of rotatable bonds is 0. The number of fused-ring (bicyclic) bond motifs is 4. The van der Waals surface area contributed by atoms with Crippen molar-refractivity contribution in [1.82, 2.24) is 0 Å². The highest BCUT2D eigenvalue weighted by atomic mass is 15.2. The first-order valence-electron chi connectivity index (χ1n) is 7.91. The van der Waals surface area contributed by atoms with Gasteiger partial charge in [0.15, 0.2) is 0 Å². The van der Waals surface area contributed by atoms with Crippen LogP contribution in [-0.4, -0.2) is 5.84 Å². The summed E-state index contributed by atoms with van der Waals surface area (Å²) < 4.78 is 0. The van der Waals surface area contributed by atoms with E-state index in [1.807, 2.05) is 37.3 Å². The molecule has 0 amide bonds. The normalized spacial score (nSPS) is 14.8. The number of anilines is 1. The van der Waals surface area contributed by atoms with Gasteiger partial charge in [-0.3, -0.25) is 4.90 Å². The predicted molar refractivity (Wildman–Crippen MR) is 97.3 cm³/mol. The summed E-state index contributed by atoms with van der Waals surface area (Å²) in [5.74, 6) is 0.897. The Morgan fingerprint density at radius 2 is 1.67 bits per heavy atom. The zero-order chi connectivity index (χ0) is 16.3. The molecule has 2 aliphatic heterocycles. The molecule has 112 valence electrons. The van der Waals surface area contributed by atoms with E-state index in [4.69, 9.17) is 4.99 Å². The van der Waals surface area contributed by atoms with Crippen molar-refractivity contribution in [3.8, 4) is 6.07 Å². The van der Waals surface area contributed by atoms with Gasteiger partial charge in [0.1, 0.15) is 11.9 Å². The number of nitrogens with zero attached hydrogens (tertiary/aromatic N) is 3. The first-order valence-corrected chi connectivity index (χ1v) is 7.91. The molecule has 0 fully saturated rings. The fourth-order valence-electron chi connectivity index (χ4n) is 3.72. The Morgan fingerprint density at radius 3 is 2.46 bits per heavy atom. The van der Waals surface area contributed by atoms with Gasteiger partial charge in [0.25, 0.3) is 0 Å². The van der Waals surface area contributed by atoms with E-state index in [-0.39, 0.29) is 0 Å². The van der Waals surface area contributed by atoms with Gasteiger partial charge in [-0.15, -0.1) is 0 Å². The molecule has 0 aliphatic carbocycles. The lowest BCUT2D eigenvalue weighted by Gasteiger charge is -2.36. The second-order valence-corrected chi connectivity index (χ2v) is 6.04. The smallest absolute Gasteiger partial charge is 0.146 e. The Balaban J connectivity index is 1.95. The second-order valence-electron chi connectivity index (χ2n) is 6.04. The predicted octanol–water partition coefficient (Wildman–Crippen LogP) is 5.01. The van der Waals surface area contributed by atoms with E-state index in [0.717, 1.165) is 44.8 Å². The van der Waals surface area contributed by atoms with Crippen LogP contribution in [0.15, 0.2) is 71.4 Å². The van der Waals surface area contributed by atoms with Gasteiger partial charge in [0.2, 0.25) is 0 Å². The summed E-state index contributed by atoms with van der Waals surface area (Å²) in [6, 6.07) is 22.8. The number of amidine groups is 1. The first kappa shape index (κ1) is 13.1. The average molecular weight is 307 g/mol. The fraction of sp³-hybridized carbons (Fsp3) is 0.0476. The maximum absolute atomic E-state index is 9.71. The molecule has 0 unspecified atom stereocenters. The van der Waals surface area contributed by atoms with Gasteiger partial charge in [0.05, 0.1) is 16.9 Å². The minimum Gasteiger partial charge on any atom is -0.297 e. The molecule has 3 heteroatoms. The molecule has 0 radical (unpaired) electrons. The summed E-state index contributed by atoms with van der Waals surface area (Å²) in [5.41, 5.74) is 5.67. The number of benzene rings is 3. The molecule has 3 aromatic rings. The third kappa shape index (κ3) is 1.52. The van der Waals surface area contributed by atoms with Crippen molar-refractivity contribution in [1.29, 1.82) is 5.26 Å². The SMILES string of the molecule is CC1=C(C#N)c2ccccc2C2=Nc3cccc4cccc(c34)N21. The summed E-state index contributed by atoms with van der Waals surface area (Å²) >= 11 is 0. The van der Waals surface area contributed by atoms with Crippen molar-refractivity contribution >= 4 is 33.6 Å². The highest BCUT2D eigenvalue weighted by Gasteiger charge is 2.32. The summed E-state index contributed by atoms with van der Waals surface area (Å²) in [7, 11) is 0. The van der Waals surface area contributed by atoms with Crippen LogP contribution in [0.3, 0.4) is 0 Å². The molecule has 0 saturated carbocycles. The lowest BCUT2D eigenvalue weighted by Crippen LogP contribution is -2.35. The van der Waals surface area contributed by atoms with Gasteiger partial charge in [-0.05, 0) is 24.4 Å². The van der Waals surface area contributed by atoms with Crippen LogP contribution < -0.4 is 4.90 Å². The number of hydrogen-bond donors (Lipinski definition) is 0. The van der Waals surface area contributed by atoms with Gasteiger partial charge >= 0.3 is 0 Å². The zero-order valence-corrected chi connectivity index (χ0v) is 13.1. The van der Waals surface area contributed by atoms with Crippen molar-refractivity contribution in [2.24, 2.45) is 4.99 Å². The van der Waals surface area contributed by atoms with Crippen LogP contribution in [0.1, 0.15) is 18.1 Å². The van der Waals surface area contributed by atoms with Gasteiger partial charge in [-0.25, -0.2) is 4.99 Å². The Labute approximate surface area is 139 Å². The van der Waals surface area contributed by atoms with Crippen LogP contribution in [0, 0.1) is 11.3 Å². The Kier molecular flexibility index (Phi) is 2.49. The second kappa shape index (κ2) is 4.56.